The average molecular weight is 214 g/mol. The molecular formula is C12H26N2O. The number of rotatable bonds is 5. The van der Waals surface area contributed by atoms with Gasteiger partial charge in [0.05, 0.1) is 6.10 Å². The lowest BCUT2D eigenvalue weighted by Crippen LogP contribution is -2.55. The highest BCUT2D eigenvalue weighted by molar-refractivity contribution is 4.94. The summed E-state index contributed by atoms with van der Waals surface area (Å²) < 4.78 is 5.25. The van der Waals surface area contributed by atoms with Crippen LogP contribution in [-0.2, 0) is 4.74 Å². The van der Waals surface area contributed by atoms with Crippen LogP contribution in [-0.4, -0.2) is 31.3 Å². The minimum atomic E-state index is -0.148. The molecule has 3 nitrogen and oxygen atoms in total. The summed E-state index contributed by atoms with van der Waals surface area (Å²) in [5.74, 6) is 0. The van der Waals surface area contributed by atoms with E-state index in [1.165, 1.54) is 0 Å². The van der Waals surface area contributed by atoms with Gasteiger partial charge in [0.1, 0.15) is 0 Å². The fourth-order valence-corrected chi connectivity index (χ4v) is 1.55. The van der Waals surface area contributed by atoms with E-state index in [0.717, 1.165) is 19.4 Å². The fourth-order valence-electron chi connectivity index (χ4n) is 1.55. The van der Waals surface area contributed by atoms with E-state index in [9.17, 15) is 0 Å². The standard InChI is InChI=1S/C12H26N2O/c1-11(2,12(3,4)13)8-14-9-6-10(7-9)15-5/h9-10,14H,6-8,13H2,1-5H3. The highest BCUT2D eigenvalue weighted by Gasteiger charge is 2.35. The number of nitrogens with one attached hydrogen (secondary N) is 1. The van der Waals surface area contributed by atoms with E-state index in [-0.39, 0.29) is 11.0 Å². The van der Waals surface area contributed by atoms with Crippen molar-refractivity contribution in [1.82, 2.24) is 5.32 Å². The molecule has 0 amide bonds. The smallest absolute Gasteiger partial charge is 0.0601 e. The van der Waals surface area contributed by atoms with Crippen molar-refractivity contribution in [1.29, 1.82) is 0 Å². The Morgan fingerprint density at radius 2 is 1.80 bits per heavy atom. The van der Waals surface area contributed by atoms with Crippen LogP contribution in [0.5, 0.6) is 0 Å². The summed E-state index contributed by atoms with van der Waals surface area (Å²) in [6.07, 6.45) is 2.74. The zero-order valence-electron chi connectivity index (χ0n) is 10.8. The van der Waals surface area contributed by atoms with E-state index < -0.39 is 0 Å². The van der Waals surface area contributed by atoms with Crippen molar-refractivity contribution in [2.45, 2.75) is 58.2 Å². The second-order valence-electron chi connectivity index (χ2n) is 6.01. The van der Waals surface area contributed by atoms with Crippen molar-refractivity contribution >= 4 is 0 Å². The molecule has 1 aliphatic carbocycles. The summed E-state index contributed by atoms with van der Waals surface area (Å²) >= 11 is 0. The van der Waals surface area contributed by atoms with Gasteiger partial charge in [-0.1, -0.05) is 13.8 Å². The van der Waals surface area contributed by atoms with Gasteiger partial charge < -0.3 is 15.8 Å². The first-order valence-corrected chi connectivity index (χ1v) is 5.81. The largest absolute Gasteiger partial charge is 0.381 e. The third-order valence-corrected chi connectivity index (χ3v) is 4.01. The molecule has 1 saturated carbocycles. The molecule has 0 unspecified atom stereocenters. The van der Waals surface area contributed by atoms with Crippen LogP contribution in [0, 0.1) is 5.41 Å². The summed E-state index contributed by atoms with van der Waals surface area (Å²) in [7, 11) is 1.79. The molecule has 0 spiro atoms. The quantitative estimate of drug-likeness (QED) is 0.729. The van der Waals surface area contributed by atoms with Crippen molar-refractivity contribution in [3.05, 3.63) is 0 Å². The van der Waals surface area contributed by atoms with Crippen molar-refractivity contribution in [2.24, 2.45) is 11.1 Å². The monoisotopic (exact) mass is 214 g/mol. The lowest BCUT2D eigenvalue weighted by atomic mass is 9.74. The van der Waals surface area contributed by atoms with Crippen molar-refractivity contribution in [3.8, 4) is 0 Å². The maximum atomic E-state index is 6.15. The highest BCUT2D eigenvalue weighted by atomic mass is 16.5. The van der Waals surface area contributed by atoms with Gasteiger partial charge in [0.2, 0.25) is 0 Å². The highest BCUT2D eigenvalue weighted by Crippen LogP contribution is 2.29. The topological polar surface area (TPSA) is 47.3 Å². The van der Waals surface area contributed by atoms with Crippen LogP contribution in [0.1, 0.15) is 40.5 Å². The van der Waals surface area contributed by atoms with Gasteiger partial charge in [-0.3, -0.25) is 0 Å². The molecule has 0 saturated heterocycles. The van der Waals surface area contributed by atoms with E-state index in [1.54, 1.807) is 7.11 Å². The number of ether oxygens (including phenoxy) is 1. The van der Waals surface area contributed by atoms with Crippen LogP contribution in [0.3, 0.4) is 0 Å². The number of hydrogen-bond acceptors (Lipinski definition) is 3. The van der Waals surface area contributed by atoms with Gasteiger partial charge in [0.15, 0.2) is 0 Å². The Kier molecular flexibility index (Phi) is 3.80. The van der Waals surface area contributed by atoms with Gasteiger partial charge in [0.25, 0.3) is 0 Å². The zero-order chi connectivity index (χ0) is 11.7. The summed E-state index contributed by atoms with van der Waals surface area (Å²) in [6, 6.07) is 0.622. The molecule has 15 heavy (non-hydrogen) atoms. The second-order valence-corrected chi connectivity index (χ2v) is 6.01. The molecule has 1 aliphatic rings. The number of hydrogen-bond donors (Lipinski definition) is 2. The van der Waals surface area contributed by atoms with Crippen molar-refractivity contribution < 1.29 is 4.74 Å². The van der Waals surface area contributed by atoms with Crippen molar-refractivity contribution in [2.75, 3.05) is 13.7 Å². The van der Waals surface area contributed by atoms with E-state index >= 15 is 0 Å². The van der Waals surface area contributed by atoms with Gasteiger partial charge in [-0.05, 0) is 32.1 Å². The molecule has 3 heteroatoms. The fraction of sp³-hybridized carbons (Fsp3) is 1.00. The minimum Gasteiger partial charge on any atom is -0.381 e. The Morgan fingerprint density at radius 1 is 1.27 bits per heavy atom. The van der Waals surface area contributed by atoms with E-state index in [1.807, 2.05) is 0 Å². The molecule has 0 aromatic carbocycles. The minimum absolute atomic E-state index is 0.116. The van der Waals surface area contributed by atoms with E-state index in [4.69, 9.17) is 10.5 Å². The summed E-state index contributed by atoms with van der Waals surface area (Å²) in [5, 5.41) is 3.57. The molecule has 0 aromatic rings. The van der Waals surface area contributed by atoms with E-state index in [0.29, 0.717) is 12.1 Å². The first-order chi connectivity index (χ1) is 6.76. The molecule has 0 atom stereocenters. The molecule has 0 heterocycles. The summed E-state index contributed by atoms with van der Waals surface area (Å²) in [4.78, 5) is 0. The van der Waals surface area contributed by atoms with Crippen LogP contribution >= 0.6 is 0 Å². The van der Waals surface area contributed by atoms with E-state index in [2.05, 4.69) is 33.0 Å². The Labute approximate surface area is 93.8 Å². The molecule has 1 fully saturated rings. The van der Waals surface area contributed by atoms with Gasteiger partial charge in [-0.25, -0.2) is 0 Å². The molecule has 0 radical (unpaired) electrons. The zero-order valence-corrected chi connectivity index (χ0v) is 10.8. The number of methoxy groups -OCH3 is 1. The average Bonchev–Trinajstić information content (AvgIpc) is 1.99. The lowest BCUT2D eigenvalue weighted by molar-refractivity contribution is 0.0129. The SMILES string of the molecule is COC1CC(NCC(C)(C)C(C)(C)N)C1. The Morgan fingerprint density at radius 3 is 2.20 bits per heavy atom. The normalized spacial score (nSPS) is 27.6. The second kappa shape index (κ2) is 4.40. The molecule has 3 N–H and O–H groups in total. The predicted molar refractivity (Wildman–Crippen MR) is 63.9 cm³/mol. The van der Waals surface area contributed by atoms with Gasteiger partial charge >= 0.3 is 0 Å². The molecule has 90 valence electrons. The predicted octanol–water partition coefficient (Wildman–Crippen LogP) is 1.52. The maximum Gasteiger partial charge on any atom is 0.0601 e. The van der Waals surface area contributed by atoms with Crippen LogP contribution in [0.25, 0.3) is 0 Å². The summed E-state index contributed by atoms with van der Waals surface area (Å²) in [5.41, 5.74) is 6.12. The summed E-state index contributed by atoms with van der Waals surface area (Å²) in [6.45, 7) is 9.58. The van der Waals surface area contributed by atoms with Crippen LogP contribution < -0.4 is 11.1 Å². The van der Waals surface area contributed by atoms with Gasteiger partial charge in [0, 0.05) is 25.2 Å². The Hall–Kier alpha value is -0.120. The Bertz CT molecular complexity index is 202. The Balaban J connectivity index is 2.26. The van der Waals surface area contributed by atoms with Crippen LogP contribution in [0.4, 0.5) is 0 Å². The molecule has 1 rings (SSSR count). The van der Waals surface area contributed by atoms with Crippen LogP contribution in [0.2, 0.25) is 0 Å². The van der Waals surface area contributed by atoms with Crippen molar-refractivity contribution in [3.63, 3.8) is 0 Å². The first kappa shape index (κ1) is 12.9. The van der Waals surface area contributed by atoms with Crippen LogP contribution in [0.15, 0.2) is 0 Å². The lowest BCUT2D eigenvalue weighted by Gasteiger charge is -2.42. The molecular weight excluding hydrogens is 188 g/mol. The molecule has 0 aliphatic heterocycles. The number of nitrogens with two attached hydrogens (primary N) is 1. The maximum absolute atomic E-state index is 6.15. The third kappa shape index (κ3) is 3.16. The van der Waals surface area contributed by atoms with Gasteiger partial charge in [-0.2, -0.15) is 0 Å². The first-order valence-electron chi connectivity index (χ1n) is 5.81. The third-order valence-electron chi connectivity index (χ3n) is 4.01. The molecule has 0 aromatic heterocycles. The van der Waals surface area contributed by atoms with Gasteiger partial charge in [-0.15, -0.1) is 0 Å². The molecule has 0 bridgehead atoms.